The molecular formula is C26H31NO7. The van der Waals surface area contributed by atoms with Crippen molar-refractivity contribution in [1.82, 2.24) is 4.90 Å². The third kappa shape index (κ3) is 4.87. The predicted octanol–water partition coefficient (Wildman–Crippen LogP) is 3.87. The van der Waals surface area contributed by atoms with Gasteiger partial charge in [-0.15, -0.1) is 0 Å². The van der Waals surface area contributed by atoms with E-state index in [-0.39, 0.29) is 24.5 Å². The van der Waals surface area contributed by atoms with Gasteiger partial charge in [-0.3, -0.25) is 9.59 Å². The van der Waals surface area contributed by atoms with Crippen molar-refractivity contribution >= 4 is 17.4 Å². The molecule has 182 valence electrons. The number of benzene rings is 2. The molecule has 3 rings (SSSR count). The first-order valence-electron chi connectivity index (χ1n) is 11.2. The molecule has 0 spiro atoms. The minimum absolute atomic E-state index is 0.0101. The number of nitrogens with zero attached hydrogens (tertiary/aromatic N) is 1. The van der Waals surface area contributed by atoms with Gasteiger partial charge in [-0.25, -0.2) is 0 Å². The highest BCUT2D eigenvalue weighted by atomic mass is 16.5. The van der Waals surface area contributed by atoms with Crippen LogP contribution in [0.3, 0.4) is 0 Å². The molecule has 1 aliphatic rings. The second-order valence-electron chi connectivity index (χ2n) is 7.74. The highest BCUT2D eigenvalue weighted by molar-refractivity contribution is 6.46. The van der Waals surface area contributed by atoms with Crippen molar-refractivity contribution in [2.24, 2.45) is 0 Å². The van der Waals surface area contributed by atoms with E-state index < -0.39 is 17.7 Å². The fourth-order valence-corrected chi connectivity index (χ4v) is 4.05. The zero-order valence-corrected chi connectivity index (χ0v) is 20.2. The highest BCUT2D eigenvalue weighted by Gasteiger charge is 2.46. The molecule has 1 aliphatic heterocycles. The lowest BCUT2D eigenvalue weighted by atomic mass is 9.94. The summed E-state index contributed by atoms with van der Waals surface area (Å²) in [5.41, 5.74) is 1.85. The summed E-state index contributed by atoms with van der Waals surface area (Å²) in [7, 11) is 3.04. The predicted molar refractivity (Wildman–Crippen MR) is 127 cm³/mol. The maximum absolute atomic E-state index is 13.1. The summed E-state index contributed by atoms with van der Waals surface area (Å²) in [4.78, 5) is 27.5. The number of rotatable bonds is 10. The van der Waals surface area contributed by atoms with Gasteiger partial charge in [0, 0.05) is 19.2 Å². The minimum Gasteiger partial charge on any atom is -0.507 e. The molecule has 1 unspecified atom stereocenters. The van der Waals surface area contributed by atoms with Crippen LogP contribution in [0.2, 0.25) is 0 Å². The van der Waals surface area contributed by atoms with E-state index >= 15 is 0 Å². The lowest BCUT2D eigenvalue weighted by Gasteiger charge is -2.25. The van der Waals surface area contributed by atoms with Crippen molar-refractivity contribution in [3.8, 4) is 17.2 Å². The quantitative estimate of drug-likeness (QED) is 0.321. The summed E-state index contributed by atoms with van der Waals surface area (Å²) in [6.07, 6.45) is 0. The Balaban J connectivity index is 2.16. The monoisotopic (exact) mass is 469 g/mol. The standard InChI is InChI=1S/C26H31NO7/c1-6-33-19-10-9-18(14-16(19)3)24(28)22-23(27(12-13-31-4)26(30)25(22)29)17-8-11-20(34-7-2)21(15-17)32-5/h8-11,14-15,23,28H,6-7,12-13H2,1-5H3/b24-22-. The number of Topliss-reactive ketones (excluding diaryl/α,β-unsaturated/α-hetero) is 1. The molecule has 0 radical (unpaired) electrons. The lowest BCUT2D eigenvalue weighted by Crippen LogP contribution is -2.32. The SMILES string of the molecule is CCOc1ccc(/C(O)=C2/C(=O)C(=O)N(CCOC)C2c2ccc(OCC)c(OC)c2)cc1C. The molecule has 1 heterocycles. The molecular weight excluding hydrogens is 438 g/mol. The third-order valence-corrected chi connectivity index (χ3v) is 5.63. The Hall–Kier alpha value is -3.52. The van der Waals surface area contributed by atoms with Gasteiger partial charge in [-0.2, -0.15) is 0 Å². The minimum atomic E-state index is -0.813. The summed E-state index contributed by atoms with van der Waals surface area (Å²) in [6, 6.07) is 9.55. The average Bonchev–Trinajstić information content (AvgIpc) is 3.08. The number of ether oxygens (including phenoxy) is 4. The van der Waals surface area contributed by atoms with E-state index in [1.807, 2.05) is 20.8 Å². The summed E-state index contributed by atoms with van der Waals surface area (Å²) < 4.78 is 21.8. The summed E-state index contributed by atoms with van der Waals surface area (Å²) in [5.74, 6) is 0.00471. The number of carbonyl (C=O) groups is 2. The first-order valence-corrected chi connectivity index (χ1v) is 11.2. The number of amides is 1. The summed E-state index contributed by atoms with van der Waals surface area (Å²) in [5, 5.41) is 11.2. The van der Waals surface area contributed by atoms with Gasteiger partial charge in [0.15, 0.2) is 11.5 Å². The topological polar surface area (TPSA) is 94.5 Å². The molecule has 8 heteroatoms. The molecule has 1 amide bonds. The van der Waals surface area contributed by atoms with Crippen molar-refractivity contribution in [1.29, 1.82) is 0 Å². The zero-order chi connectivity index (χ0) is 24.8. The molecule has 0 bridgehead atoms. The number of aliphatic hydroxyl groups is 1. The Kier molecular flexibility index (Phi) is 8.17. The van der Waals surface area contributed by atoms with Gasteiger partial charge >= 0.3 is 0 Å². The Bertz CT molecular complexity index is 1090. The Morgan fingerprint density at radius 3 is 2.26 bits per heavy atom. The molecule has 1 atom stereocenters. The molecule has 2 aromatic carbocycles. The van der Waals surface area contributed by atoms with Crippen LogP contribution in [0.4, 0.5) is 0 Å². The molecule has 1 N–H and O–H groups in total. The van der Waals surface area contributed by atoms with Crippen LogP contribution in [0.5, 0.6) is 17.2 Å². The smallest absolute Gasteiger partial charge is 0.295 e. The number of ketones is 1. The van der Waals surface area contributed by atoms with Crippen molar-refractivity contribution in [2.45, 2.75) is 26.8 Å². The van der Waals surface area contributed by atoms with E-state index in [0.717, 1.165) is 5.56 Å². The number of hydrogen-bond donors (Lipinski definition) is 1. The Labute approximate surface area is 199 Å². The highest BCUT2D eigenvalue weighted by Crippen LogP contribution is 2.42. The van der Waals surface area contributed by atoms with Gasteiger partial charge in [-0.1, -0.05) is 6.07 Å². The molecule has 1 fully saturated rings. The lowest BCUT2D eigenvalue weighted by molar-refractivity contribution is -0.140. The molecule has 0 aromatic heterocycles. The number of carbonyl (C=O) groups excluding carboxylic acids is 2. The van der Waals surface area contributed by atoms with Gasteiger partial charge in [-0.05, 0) is 62.2 Å². The number of methoxy groups -OCH3 is 2. The van der Waals surface area contributed by atoms with Gasteiger partial charge in [0.25, 0.3) is 11.7 Å². The largest absolute Gasteiger partial charge is 0.507 e. The third-order valence-electron chi connectivity index (χ3n) is 5.63. The first-order chi connectivity index (χ1) is 16.4. The molecule has 1 saturated heterocycles. The molecule has 0 aliphatic carbocycles. The Morgan fingerprint density at radius 2 is 1.65 bits per heavy atom. The van der Waals surface area contributed by atoms with E-state index in [1.165, 1.54) is 19.1 Å². The van der Waals surface area contributed by atoms with Crippen LogP contribution >= 0.6 is 0 Å². The second-order valence-corrected chi connectivity index (χ2v) is 7.74. The average molecular weight is 470 g/mol. The van der Waals surface area contributed by atoms with E-state index in [0.29, 0.717) is 41.6 Å². The van der Waals surface area contributed by atoms with Crippen LogP contribution in [0.25, 0.3) is 5.76 Å². The second kappa shape index (κ2) is 11.1. The fraction of sp³-hybridized carbons (Fsp3) is 0.385. The van der Waals surface area contributed by atoms with Crippen molar-refractivity contribution in [3.63, 3.8) is 0 Å². The van der Waals surface area contributed by atoms with Crippen molar-refractivity contribution in [3.05, 3.63) is 58.7 Å². The van der Waals surface area contributed by atoms with Crippen LogP contribution in [0, 0.1) is 6.92 Å². The van der Waals surface area contributed by atoms with Crippen LogP contribution < -0.4 is 14.2 Å². The Morgan fingerprint density at radius 1 is 0.971 bits per heavy atom. The molecule has 0 saturated carbocycles. The maximum atomic E-state index is 13.1. The van der Waals surface area contributed by atoms with Gasteiger partial charge in [0.1, 0.15) is 11.5 Å². The normalized spacial score (nSPS) is 17.2. The summed E-state index contributed by atoms with van der Waals surface area (Å²) in [6.45, 7) is 7.00. The maximum Gasteiger partial charge on any atom is 0.295 e. The van der Waals surface area contributed by atoms with Gasteiger partial charge in [0.2, 0.25) is 0 Å². The number of likely N-dealkylation sites (tertiary alicyclic amines) is 1. The number of aliphatic hydroxyl groups excluding tert-OH is 1. The van der Waals surface area contributed by atoms with E-state index in [4.69, 9.17) is 18.9 Å². The molecule has 34 heavy (non-hydrogen) atoms. The van der Waals surface area contributed by atoms with Gasteiger partial charge in [0.05, 0.1) is 38.5 Å². The van der Waals surface area contributed by atoms with E-state index in [1.54, 1.807) is 36.4 Å². The molecule has 8 nitrogen and oxygen atoms in total. The number of hydrogen-bond acceptors (Lipinski definition) is 7. The van der Waals surface area contributed by atoms with Crippen molar-refractivity contribution in [2.75, 3.05) is 40.6 Å². The number of aryl methyl sites for hydroxylation is 1. The van der Waals surface area contributed by atoms with E-state index in [2.05, 4.69) is 0 Å². The van der Waals surface area contributed by atoms with Crippen molar-refractivity contribution < 1.29 is 33.6 Å². The van der Waals surface area contributed by atoms with E-state index in [9.17, 15) is 14.7 Å². The van der Waals surface area contributed by atoms with Gasteiger partial charge < -0.3 is 29.0 Å². The van der Waals surface area contributed by atoms with Crippen LogP contribution in [0.1, 0.15) is 36.6 Å². The van der Waals surface area contributed by atoms with Crippen LogP contribution in [-0.4, -0.2) is 62.3 Å². The van der Waals surface area contributed by atoms with Crippen LogP contribution in [0.15, 0.2) is 42.0 Å². The van der Waals surface area contributed by atoms with Crippen LogP contribution in [-0.2, 0) is 14.3 Å². The molecule has 2 aromatic rings. The fourth-order valence-electron chi connectivity index (χ4n) is 4.05. The summed E-state index contributed by atoms with van der Waals surface area (Å²) >= 11 is 0. The first kappa shape index (κ1) is 25.1. The zero-order valence-electron chi connectivity index (χ0n) is 20.2.